The van der Waals surface area contributed by atoms with Crippen LogP contribution in [0.1, 0.15) is 30.6 Å². The molecule has 29 heavy (non-hydrogen) atoms. The van der Waals surface area contributed by atoms with E-state index in [1.165, 1.54) is 17.5 Å². The largest absolute Gasteiger partial charge is 0.394 e. The minimum atomic E-state index is -1.34. The maximum Gasteiger partial charge on any atom is 0.177 e. The first-order chi connectivity index (χ1) is 14.0. The summed E-state index contributed by atoms with van der Waals surface area (Å²) in [6.07, 6.45) is 2.84. The number of aromatic nitrogens is 4. The molecule has 4 heterocycles. The number of rotatable bonds is 5. The van der Waals surface area contributed by atoms with E-state index in [1.807, 2.05) is 11.4 Å². The van der Waals surface area contributed by atoms with Crippen LogP contribution in [-0.2, 0) is 15.9 Å². The van der Waals surface area contributed by atoms with Crippen LogP contribution in [-0.4, -0.2) is 59.8 Å². The van der Waals surface area contributed by atoms with Gasteiger partial charge in [0.1, 0.15) is 30.2 Å². The summed E-state index contributed by atoms with van der Waals surface area (Å²) in [6, 6.07) is 4.12. The van der Waals surface area contributed by atoms with Crippen LogP contribution in [0.3, 0.4) is 0 Å². The van der Waals surface area contributed by atoms with Gasteiger partial charge in [0.15, 0.2) is 17.2 Å². The summed E-state index contributed by atoms with van der Waals surface area (Å²) in [5, 5.41) is 33.6. The predicted octanol–water partition coefficient (Wildman–Crippen LogP) is 0.748. The third-order valence-electron chi connectivity index (χ3n) is 6.42. The fraction of sp³-hybridized carbons (Fsp3) is 0.526. The molecule has 0 aromatic carbocycles. The smallest absolute Gasteiger partial charge is 0.177 e. The Hall–Kier alpha value is -2.11. The van der Waals surface area contributed by atoms with E-state index in [9.17, 15) is 15.3 Å². The second-order valence-corrected chi connectivity index (χ2v) is 8.90. The first kappa shape index (κ1) is 18.9. The number of thiophene rings is 1. The molecule has 0 radical (unpaired) electrons. The quantitative estimate of drug-likeness (QED) is 0.477. The Bertz CT molecular complexity index is 1020. The van der Waals surface area contributed by atoms with Crippen LogP contribution >= 0.6 is 11.3 Å². The lowest BCUT2D eigenvalue weighted by Crippen LogP contribution is -2.51. The lowest BCUT2D eigenvalue weighted by Gasteiger charge is -2.48. The van der Waals surface area contributed by atoms with Gasteiger partial charge in [-0.3, -0.25) is 4.57 Å². The van der Waals surface area contributed by atoms with Crippen molar-refractivity contribution in [3.8, 4) is 0 Å². The molecule has 1 aliphatic heterocycles. The number of nitrogens with two attached hydrogens (primary N) is 1. The van der Waals surface area contributed by atoms with Crippen LogP contribution < -0.4 is 5.73 Å². The highest BCUT2D eigenvalue weighted by Crippen LogP contribution is 2.55. The molecule has 0 spiro atoms. The van der Waals surface area contributed by atoms with Gasteiger partial charge < -0.3 is 25.8 Å². The molecule has 5 rings (SSSR count). The standard InChI is InChI=1S/C19H23N5O4S/c20-16-13-17(22-9-21-16)24(10-23-13)19(15(27)14(26)11(7-25)28-19)8-18(4-2-5-18)12-3-1-6-29-12/h1,3,6,9-11,14-15,25-27H,2,4-5,7-8H2,(H2,20,21,22)/t11-,14-,15-,19-/m1/s1. The molecule has 2 aliphatic rings. The molecular weight excluding hydrogens is 394 g/mol. The Labute approximate surface area is 170 Å². The Morgan fingerprint density at radius 2 is 2.10 bits per heavy atom. The number of nitrogen functional groups attached to an aromatic ring is 1. The molecule has 5 N–H and O–H groups in total. The van der Waals surface area contributed by atoms with Gasteiger partial charge in [-0.05, 0) is 24.3 Å². The van der Waals surface area contributed by atoms with Crippen molar-refractivity contribution in [1.82, 2.24) is 19.5 Å². The van der Waals surface area contributed by atoms with Gasteiger partial charge in [0, 0.05) is 16.7 Å². The van der Waals surface area contributed by atoms with Crippen LogP contribution in [0.5, 0.6) is 0 Å². The van der Waals surface area contributed by atoms with Gasteiger partial charge in [0.25, 0.3) is 0 Å². The Kier molecular flexibility index (Phi) is 4.37. The highest BCUT2D eigenvalue weighted by molar-refractivity contribution is 7.10. The summed E-state index contributed by atoms with van der Waals surface area (Å²) < 4.78 is 7.87. The van der Waals surface area contributed by atoms with Crippen LogP contribution in [0.15, 0.2) is 30.2 Å². The molecule has 2 fully saturated rings. The lowest BCUT2D eigenvalue weighted by atomic mass is 9.63. The first-order valence-corrected chi connectivity index (χ1v) is 10.5. The van der Waals surface area contributed by atoms with Crippen molar-refractivity contribution in [2.75, 3.05) is 12.3 Å². The Morgan fingerprint density at radius 1 is 1.28 bits per heavy atom. The summed E-state index contributed by atoms with van der Waals surface area (Å²) in [5.74, 6) is 0.229. The monoisotopic (exact) mass is 417 g/mol. The highest BCUT2D eigenvalue weighted by Gasteiger charge is 2.60. The fourth-order valence-electron chi connectivity index (χ4n) is 4.76. The van der Waals surface area contributed by atoms with Crippen molar-refractivity contribution in [2.24, 2.45) is 0 Å². The van der Waals surface area contributed by atoms with Crippen molar-refractivity contribution in [2.45, 2.75) is 55.1 Å². The topological polar surface area (TPSA) is 140 Å². The van der Waals surface area contributed by atoms with Crippen LogP contribution in [0, 0.1) is 0 Å². The van der Waals surface area contributed by atoms with Crippen molar-refractivity contribution < 1.29 is 20.1 Å². The SMILES string of the molecule is Nc1ncnc2c1ncn2[C@]1(CC2(c3cccs3)CCC2)O[C@H](CO)[C@@H](O)[C@H]1O. The van der Waals surface area contributed by atoms with Crippen molar-refractivity contribution in [3.05, 3.63) is 35.0 Å². The Balaban J connectivity index is 1.68. The third-order valence-corrected chi connectivity index (χ3v) is 7.53. The van der Waals surface area contributed by atoms with E-state index in [-0.39, 0.29) is 11.2 Å². The molecule has 3 aromatic rings. The number of anilines is 1. The summed E-state index contributed by atoms with van der Waals surface area (Å²) >= 11 is 1.68. The first-order valence-electron chi connectivity index (χ1n) is 9.63. The van der Waals surface area contributed by atoms with E-state index in [2.05, 4.69) is 21.0 Å². The molecule has 0 unspecified atom stereocenters. The number of aliphatic hydroxyl groups excluding tert-OH is 3. The number of hydrogen-bond donors (Lipinski definition) is 4. The number of imidazole rings is 1. The summed E-state index contributed by atoms with van der Waals surface area (Å²) in [7, 11) is 0. The molecule has 0 bridgehead atoms. The van der Waals surface area contributed by atoms with E-state index < -0.39 is 30.6 Å². The van der Waals surface area contributed by atoms with Crippen LogP contribution in [0.25, 0.3) is 11.2 Å². The van der Waals surface area contributed by atoms with Gasteiger partial charge in [-0.15, -0.1) is 11.3 Å². The molecule has 154 valence electrons. The maximum absolute atomic E-state index is 11.2. The number of hydrogen-bond acceptors (Lipinski definition) is 9. The second-order valence-electron chi connectivity index (χ2n) is 7.95. The van der Waals surface area contributed by atoms with E-state index in [1.54, 1.807) is 15.9 Å². The predicted molar refractivity (Wildman–Crippen MR) is 106 cm³/mol. The molecule has 10 heteroatoms. The number of ether oxygens (including phenoxy) is 1. The summed E-state index contributed by atoms with van der Waals surface area (Å²) in [5.41, 5.74) is 5.25. The molecule has 3 aromatic heterocycles. The van der Waals surface area contributed by atoms with Crippen LogP contribution in [0.4, 0.5) is 5.82 Å². The second kappa shape index (κ2) is 6.71. The number of fused-ring (bicyclic) bond motifs is 1. The van der Waals surface area contributed by atoms with Gasteiger partial charge in [0.05, 0.1) is 12.9 Å². The summed E-state index contributed by atoms with van der Waals surface area (Å²) in [4.78, 5) is 13.8. The number of aliphatic hydroxyl groups is 3. The zero-order valence-electron chi connectivity index (χ0n) is 15.7. The molecule has 0 amide bonds. The minimum Gasteiger partial charge on any atom is -0.394 e. The zero-order chi connectivity index (χ0) is 20.2. The highest BCUT2D eigenvalue weighted by atomic mass is 32.1. The third kappa shape index (κ3) is 2.63. The minimum absolute atomic E-state index is 0.186. The van der Waals surface area contributed by atoms with Crippen molar-refractivity contribution in [3.63, 3.8) is 0 Å². The van der Waals surface area contributed by atoms with Crippen molar-refractivity contribution in [1.29, 1.82) is 0 Å². The lowest BCUT2D eigenvalue weighted by molar-refractivity contribution is -0.166. The van der Waals surface area contributed by atoms with Gasteiger partial charge in [-0.2, -0.15) is 0 Å². The van der Waals surface area contributed by atoms with Gasteiger partial charge in [-0.1, -0.05) is 12.5 Å². The molecule has 4 atom stereocenters. The fourth-order valence-corrected chi connectivity index (χ4v) is 5.74. The molecule has 1 saturated carbocycles. The average molecular weight is 417 g/mol. The van der Waals surface area contributed by atoms with Gasteiger partial charge in [-0.25, -0.2) is 15.0 Å². The molecule has 1 aliphatic carbocycles. The number of nitrogens with zero attached hydrogens (tertiary/aromatic N) is 4. The van der Waals surface area contributed by atoms with E-state index in [0.29, 0.717) is 17.6 Å². The van der Waals surface area contributed by atoms with Crippen molar-refractivity contribution >= 4 is 28.3 Å². The van der Waals surface area contributed by atoms with Crippen LogP contribution in [0.2, 0.25) is 0 Å². The summed E-state index contributed by atoms with van der Waals surface area (Å²) in [6.45, 7) is -0.407. The normalized spacial score (nSPS) is 31.2. The molecular formula is C19H23N5O4S. The van der Waals surface area contributed by atoms with E-state index in [4.69, 9.17) is 10.5 Å². The Morgan fingerprint density at radius 3 is 2.72 bits per heavy atom. The molecule has 9 nitrogen and oxygen atoms in total. The molecule has 1 saturated heterocycles. The zero-order valence-corrected chi connectivity index (χ0v) is 16.5. The average Bonchev–Trinajstić information content (AvgIpc) is 3.41. The van der Waals surface area contributed by atoms with Gasteiger partial charge >= 0.3 is 0 Å². The van der Waals surface area contributed by atoms with Gasteiger partial charge in [0.2, 0.25) is 0 Å². The van der Waals surface area contributed by atoms with E-state index >= 15 is 0 Å². The maximum atomic E-state index is 11.2. The van der Waals surface area contributed by atoms with E-state index in [0.717, 1.165) is 19.3 Å².